The molecule has 0 N–H and O–H groups in total. The fourth-order valence-electron chi connectivity index (χ4n) is 4.80. The largest absolute Gasteiger partial charge is 0.474 e. The zero-order valence-electron chi connectivity index (χ0n) is 18.2. The first-order valence-electron chi connectivity index (χ1n) is 10.9. The number of fused-ring (bicyclic) bond motifs is 3. The number of ether oxygens (including phenoxy) is 1. The Kier molecular flexibility index (Phi) is 5.40. The highest BCUT2D eigenvalue weighted by atomic mass is 35.5. The Morgan fingerprint density at radius 2 is 1.81 bits per heavy atom. The molecule has 1 fully saturated rings. The molecule has 0 radical (unpaired) electrons. The predicted octanol–water partition coefficient (Wildman–Crippen LogP) is 4.38. The van der Waals surface area contributed by atoms with Crippen molar-refractivity contribution in [1.82, 2.24) is 29.6 Å². The van der Waals surface area contributed by atoms with Gasteiger partial charge in [0.1, 0.15) is 17.8 Å². The summed E-state index contributed by atoms with van der Waals surface area (Å²) in [7, 11) is 2.10. The van der Waals surface area contributed by atoms with Crippen LogP contribution in [0.5, 0.6) is 5.88 Å². The van der Waals surface area contributed by atoms with E-state index in [9.17, 15) is 0 Å². The molecule has 0 amide bonds. The first-order chi connectivity index (χ1) is 15.0. The Bertz CT molecular complexity index is 1090. The maximum absolute atomic E-state index is 6.29. The van der Waals surface area contributed by atoms with Crippen LogP contribution in [0.1, 0.15) is 60.3 Å². The quantitative estimate of drug-likeness (QED) is 0.604. The standard InChI is InChI=1S/C23H27ClN6O/c1-14-10-22(26-15(2)25-14)31-19-7-4-16(5-8-19)23-28-27-21-13-29(3)12-17-11-18(24)6-9-20(17)30(21)23/h6,9-11,16,19H,4-5,7-8,12-13H2,1-3H3/t16-,19-. The maximum atomic E-state index is 6.29. The van der Waals surface area contributed by atoms with Crippen LogP contribution in [0.15, 0.2) is 24.3 Å². The van der Waals surface area contributed by atoms with Crippen molar-refractivity contribution >= 4 is 11.6 Å². The van der Waals surface area contributed by atoms with Crippen molar-refractivity contribution in [3.05, 3.63) is 58.0 Å². The molecule has 1 aliphatic heterocycles. The summed E-state index contributed by atoms with van der Waals surface area (Å²) >= 11 is 6.29. The van der Waals surface area contributed by atoms with Crippen molar-refractivity contribution in [3.63, 3.8) is 0 Å². The average Bonchev–Trinajstić information content (AvgIpc) is 3.05. The third kappa shape index (κ3) is 4.16. The zero-order chi connectivity index (χ0) is 21.5. The number of halogens is 1. The average molecular weight is 439 g/mol. The van der Waals surface area contributed by atoms with Crippen molar-refractivity contribution in [2.75, 3.05) is 7.05 Å². The highest BCUT2D eigenvalue weighted by Crippen LogP contribution is 2.36. The zero-order valence-corrected chi connectivity index (χ0v) is 18.9. The normalized spacial score (nSPS) is 21.3. The number of aryl methyl sites for hydroxylation is 2. The second-order valence-corrected chi connectivity index (χ2v) is 9.18. The lowest BCUT2D eigenvalue weighted by atomic mass is 9.86. The minimum Gasteiger partial charge on any atom is -0.474 e. The minimum absolute atomic E-state index is 0.175. The Morgan fingerprint density at radius 3 is 2.58 bits per heavy atom. The van der Waals surface area contributed by atoms with E-state index in [2.05, 4.69) is 48.8 Å². The van der Waals surface area contributed by atoms with Gasteiger partial charge in [-0.1, -0.05) is 11.6 Å². The number of rotatable bonds is 3. The van der Waals surface area contributed by atoms with Gasteiger partial charge < -0.3 is 4.74 Å². The van der Waals surface area contributed by atoms with Gasteiger partial charge in [-0.3, -0.25) is 9.47 Å². The second kappa shape index (κ2) is 8.20. The molecule has 2 aliphatic rings. The molecule has 0 unspecified atom stereocenters. The van der Waals surface area contributed by atoms with E-state index >= 15 is 0 Å². The Balaban J connectivity index is 1.36. The Hall–Kier alpha value is -2.51. The van der Waals surface area contributed by atoms with Gasteiger partial charge in [0.05, 0.1) is 12.2 Å². The third-order valence-corrected chi connectivity index (χ3v) is 6.39. The summed E-state index contributed by atoms with van der Waals surface area (Å²) in [5.41, 5.74) is 3.29. The molecule has 0 spiro atoms. The van der Waals surface area contributed by atoms with Gasteiger partial charge in [0.15, 0.2) is 5.82 Å². The monoisotopic (exact) mass is 438 g/mol. The summed E-state index contributed by atoms with van der Waals surface area (Å²) in [6.07, 6.45) is 4.16. The third-order valence-electron chi connectivity index (χ3n) is 6.16. The molecule has 1 aliphatic carbocycles. The van der Waals surface area contributed by atoms with Crippen LogP contribution >= 0.6 is 11.6 Å². The van der Waals surface area contributed by atoms with Crippen LogP contribution in [0.3, 0.4) is 0 Å². The van der Waals surface area contributed by atoms with E-state index in [4.69, 9.17) is 16.3 Å². The minimum atomic E-state index is 0.175. The molecule has 3 aromatic rings. The van der Waals surface area contributed by atoms with E-state index in [-0.39, 0.29) is 6.10 Å². The lowest BCUT2D eigenvalue weighted by Crippen LogP contribution is -2.25. The summed E-state index contributed by atoms with van der Waals surface area (Å²) in [4.78, 5) is 11.0. The number of hydrogen-bond donors (Lipinski definition) is 0. The summed E-state index contributed by atoms with van der Waals surface area (Å²) in [5, 5.41) is 9.97. The van der Waals surface area contributed by atoms with Crippen LogP contribution in [0.4, 0.5) is 0 Å². The molecule has 5 rings (SSSR count). The van der Waals surface area contributed by atoms with E-state index in [0.29, 0.717) is 11.8 Å². The van der Waals surface area contributed by atoms with Crippen molar-refractivity contribution in [1.29, 1.82) is 0 Å². The summed E-state index contributed by atoms with van der Waals surface area (Å²) in [6, 6.07) is 8.02. The molecule has 0 saturated heterocycles. The molecule has 2 aromatic heterocycles. The predicted molar refractivity (Wildman–Crippen MR) is 119 cm³/mol. The number of aromatic nitrogens is 5. The second-order valence-electron chi connectivity index (χ2n) is 8.74. The summed E-state index contributed by atoms with van der Waals surface area (Å²) in [5.74, 6) is 3.84. The van der Waals surface area contributed by atoms with Gasteiger partial charge in [-0.05, 0) is 70.3 Å². The van der Waals surface area contributed by atoms with E-state index in [1.165, 1.54) is 5.56 Å². The smallest absolute Gasteiger partial charge is 0.217 e. The van der Waals surface area contributed by atoms with E-state index < -0.39 is 0 Å². The van der Waals surface area contributed by atoms with Gasteiger partial charge in [-0.25, -0.2) is 4.98 Å². The van der Waals surface area contributed by atoms with Crippen LogP contribution in [0.25, 0.3) is 5.69 Å². The molecule has 0 atom stereocenters. The highest BCUT2D eigenvalue weighted by molar-refractivity contribution is 6.30. The molecule has 162 valence electrons. The van der Waals surface area contributed by atoms with Crippen molar-refractivity contribution in [3.8, 4) is 11.6 Å². The van der Waals surface area contributed by atoms with Crippen LogP contribution in [-0.2, 0) is 13.1 Å². The molecule has 1 saturated carbocycles. The lowest BCUT2D eigenvalue weighted by molar-refractivity contribution is 0.138. The number of benzene rings is 1. The van der Waals surface area contributed by atoms with Crippen LogP contribution in [0.2, 0.25) is 5.02 Å². The molecule has 8 heteroatoms. The van der Waals surface area contributed by atoms with Crippen LogP contribution in [-0.4, -0.2) is 42.8 Å². The van der Waals surface area contributed by atoms with Gasteiger partial charge in [-0.2, -0.15) is 4.98 Å². The molecular formula is C23H27ClN6O. The Labute approximate surface area is 187 Å². The molecule has 3 heterocycles. The Morgan fingerprint density at radius 1 is 1.00 bits per heavy atom. The van der Waals surface area contributed by atoms with Gasteiger partial charge in [0.25, 0.3) is 0 Å². The topological polar surface area (TPSA) is 69.0 Å². The fraction of sp³-hybridized carbons (Fsp3) is 0.478. The summed E-state index contributed by atoms with van der Waals surface area (Å²) in [6.45, 7) is 5.48. The van der Waals surface area contributed by atoms with E-state index in [0.717, 1.165) is 72.6 Å². The van der Waals surface area contributed by atoms with Crippen molar-refractivity contribution in [2.45, 2.75) is 64.6 Å². The van der Waals surface area contributed by atoms with Gasteiger partial charge in [0.2, 0.25) is 5.88 Å². The molecule has 31 heavy (non-hydrogen) atoms. The molecule has 1 aromatic carbocycles. The molecular weight excluding hydrogens is 412 g/mol. The first-order valence-corrected chi connectivity index (χ1v) is 11.2. The van der Waals surface area contributed by atoms with Gasteiger partial charge in [-0.15, -0.1) is 10.2 Å². The SMILES string of the molecule is Cc1cc(O[C@H]2CC[C@H](c3nnc4n3-c3ccc(Cl)cc3CN(C)C4)CC2)nc(C)n1. The van der Waals surface area contributed by atoms with Gasteiger partial charge >= 0.3 is 0 Å². The van der Waals surface area contributed by atoms with Crippen LogP contribution in [0, 0.1) is 13.8 Å². The number of nitrogens with zero attached hydrogens (tertiary/aromatic N) is 6. The number of hydrogen-bond acceptors (Lipinski definition) is 6. The summed E-state index contributed by atoms with van der Waals surface area (Å²) < 4.78 is 8.45. The molecule has 7 nitrogen and oxygen atoms in total. The van der Waals surface area contributed by atoms with Crippen LogP contribution < -0.4 is 4.74 Å². The molecule has 0 bridgehead atoms. The lowest BCUT2D eigenvalue weighted by Gasteiger charge is -2.28. The van der Waals surface area contributed by atoms with Crippen molar-refractivity contribution < 1.29 is 4.74 Å². The van der Waals surface area contributed by atoms with Crippen molar-refractivity contribution in [2.24, 2.45) is 0 Å². The van der Waals surface area contributed by atoms with E-state index in [1.54, 1.807) is 0 Å². The highest BCUT2D eigenvalue weighted by Gasteiger charge is 2.30. The van der Waals surface area contributed by atoms with Gasteiger partial charge in [0, 0.05) is 29.2 Å². The fourth-order valence-corrected chi connectivity index (χ4v) is 4.99. The van der Waals surface area contributed by atoms with E-state index in [1.807, 2.05) is 26.0 Å². The maximum Gasteiger partial charge on any atom is 0.217 e. The first kappa shape index (κ1) is 20.4.